The highest BCUT2D eigenvalue weighted by Crippen LogP contribution is 2.21. The summed E-state index contributed by atoms with van der Waals surface area (Å²) in [4.78, 5) is 26.6. The van der Waals surface area contributed by atoms with Crippen LogP contribution in [0.1, 0.15) is 21.7 Å². The molecule has 0 radical (unpaired) electrons. The van der Waals surface area contributed by atoms with Crippen molar-refractivity contribution in [1.82, 2.24) is 4.90 Å². The summed E-state index contributed by atoms with van der Waals surface area (Å²) >= 11 is 0. The van der Waals surface area contributed by atoms with Crippen molar-refractivity contribution in [3.63, 3.8) is 0 Å². The van der Waals surface area contributed by atoms with Crippen molar-refractivity contribution in [2.45, 2.75) is 13.3 Å². The molecule has 0 aliphatic rings. The number of hydrogen-bond donors (Lipinski definition) is 1. The summed E-state index contributed by atoms with van der Waals surface area (Å²) in [5.41, 5.74) is 0.147. The van der Waals surface area contributed by atoms with Crippen LogP contribution in [-0.4, -0.2) is 36.4 Å². The molecule has 0 aliphatic carbocycles. The predicted molar refractivity (Wildman–Crippen MR) is 87.9 cm³/mol. The second kappa shape index (κ2) is 7.24. The lowest BCUT2D eigenvalue weighted by Crippen LogP contribution is -2.31. The zero-order chi connectivity index (χ0) is 17.0. The van der Waals surface area contributed by atoms with Crippen molar-refractivity contribution < 1.29 is 14.3 Å². The number of aryl methyl sites for hydroxylation is 1. The molecule has 2 aromatic rings. The van der Waals surface area contributed by atoms with Crippen molar-refractivity contribution in [3.8, 4) is 5.75 Å². The molecule has 2 rings (SSSR count). The minimum absolute atomic E-state index is 0.0568. The number of Topliss-reactive ketones (excluding diaryl/α,β-unsaturated/α-hetero) is 1. The molecule has 1 aromatic carbocycles. The summed E-state index contributed by atoms with van der Waals surface area (Å²) < 4.78 is 5.04. The fraction of sp³-hybridized carbons (Fsp3) is 0.333. The Labute approximate surface area is 135 Å². The molecule has 0 amide bonds. The van der Waals surface area contributed by atoms with Crippen LogP contribution in [0, 0.1) is 12.8 Å². The summed E-state index contributed by atoms with van der Waals surface area (Å²) in [5.74, 6) is -0.277. The molecule has 1 heterocycles. The number of hydrogen-bond acceptors (Lipinski definition) is 5. The Morgan fingerprint density at radius 2 is 1.91 bits per heavy atom. The monoisotopic (exact) mass is 315 g/mol. The molecule has 1 N–H and O–H groups in total. The number of carbonyl (C=O) groups is 1. The number of benzene rings is 1. The average Bonchev–Trinajstić information content (AvgIpc) is 2.49. The molecule has 0 saturated carbocycles. The van der Waals surface area contributed by atoms with E-state index in [1.54, 1.807) is 31.2 Å². The zero-order valence-corrected chi connectivity index (χ0v) is 13.6. The third-order valence-corrected chi connectivity index (χ3v) is 3.61. The van der Waals surface area contributed by atoms with Gasteiger partial charge in [0.2, 0.25) is 0 Å². The van der Waals surface area contributed by atoms with Crippen molar-refractivity contribution in [2.24, 2.45) is 5.92 Å². The standard InChI is InChI=1S/C18H21NO4/c1-12-9-16(20)15(18(22)23-12)10-14(11-19(2)3)17(21)13-7-5-4-6-8-13/h4-9,14,20H,10-11H2,1-3H3. The number of carbonyl (C=O) groups excluding carboxylic acids is 1. The molecule has 0 fully saturated rings. The first-order chi connectivity index (χ1) is 10.9. The van der Waals surface area contributed by atoms with Crippen molar-refractivity contribution >= 4 is 5.78 Å². The molecular formula is C18H21NO4. The van der Waals surface area contributed by atoms with E-state index in [1.807, 2.05) is 25.1 Å². The topological polar surface area (TPSA) is 70.8 Å². The van der Waals surface area contributed by atoms with E-state index in [9.17, 15) is 14.7 Å². The Morgan fingerprint density at radius 1 is 1.26 bits per heavy atom. The summed E-state index contributed by atoms with van der Waals surface area (Å²) in [6, 6.07) is 10.4. The van der Waals surface area contributed by atoms with Crippen LogP contribution in [0.3, 0.4) is 0 Å². The van der Waals surface area contributed by atoms with Crippen LogP contribution in [0.4, 0.5) is 0 Å². The van der Waals surface area contributed by atoms with Gasteiger partial charge in [0, 0.05) is 24.1 Å². The highest BCUT2D eigenvalue weighted by Gasteiger charge is 2.24. The predicted octanol–water partition coefficient (Wildman–Crippen LogP) is 2.26. The number of ketones is 1. The van der Waals surface area contributed by atoms with Gasteiger partial charge in [0.05, 0.1) is 5.56 Å². The normalized spacial score (nSPS) is 12.3. The Hall–Kier alpha value is -2.40. The first kappa shape index (κ1) is 17.0. The lowest BCUT2D eigenvalue weighted by molar-refractivity contribution is 0.0895. The van der Waals surface area contributed by atoms with E-state index < -0.39 is 11.5 Å². The lowest BCUT2D eigenvalue weighted by Gasteiger charge is -2.20. The molecule has 5 nitrogen and oxygen atoms in total. The van der Waals surface area contributed by atoms with Gasteiger partial charge in [0.15, 0.2) is 5.78 Å². The first-order valence-electron chi connectivity index (χ1n) is 7.45. The molecule has 1 unspecified atom stereocenters. The minimum atomic E-state index is -0.591. The highest BCUT2D eigenvalue weighted by atomic mass is 16.4. The van der Waals surface area contributed by atoms with E-state index in [2.05, 4.69) is 0 Å². The third-order valence-electron chi connectivity index (χ3n) is 3.61. The second-order valence-electron chi connectivity index (χ2n) is 5.90. The van der Waals surface area contributed by atoms with E-state index in [-0.39, 0.29) is 23.5 Å². The summed E-state index contributed by atoms with van der Waals surface area (Å²) in [5, 5.41) is 10.0. The van der Waals surface area contributed by atoms with E-state index in [1.165, 1.54) is 6.07 Å². The van der Waals surface area contributed by atoms with E-state index in [0.29, 0.717) is 17.9 Å². The molecule has 122 valence electrons. The molecule has 23 heavy (non-hydrogen) atoms. The maximum Gasteiger partial charge on any atom is 0.342 e. The van der Waals surface area contributed by atoms with Crippen molar-refractivity contribution in [3.05, 3.63) is 63.7 Å². The van der Waals surface area contributed by atoms with E-state index >= 15 is 0 Å². The van der Waals surface area contributed by atoms with E-state index in [4.69, 9.17) is 4.42 Å². The Morgan fingerprint density at radius 3 is 2.48 bits per heavy atom. The molecular weight excluding hydrogens is 294 g/mol. The second-order valence-corrected chi connectivity index (χ2v) is 5.90. The van der Waals surface area contributed by atoms with Gasteiger partial charge in [0.1, 0.15) is 11.5 Å². The van der Waals surface area contributed by atoms with Crippen LogP contribution in [0.15, 0.2) is 45.6 Å². The van der Waals surface area contributed by atoms with Gasteiger partial charge < -0.3 is 14.4 Å². The van der Waals surface area contributed by atoms with Gasteiger partial charge >= 0.3 is 5.63 Å². The van der Waals surface area contributed by atoms with Gasteiger partial charge in [-0.05, 0) is 27.4 Å². The van der Waals surface area contributed by atoms with Crippen molar-refractivity contribution in [2.75, 3.05) is 20.6 Å². The van der Waals surface area contributed by atoms with Crippen LogP contribution in [0.2, 0.25) is 0 Å². The molecule has 5 heteroatoms. The number of nitrogens with zero attached hydrogens (tertiary/aromatic N) is 1. The third kappa shape index (κ3) is 4.29. The molecule has 0 bridgehead atoms. The SMILES string of the molecule is Cc1cc(O)c(CC(CN(C)C)C(=O)c2ccccc2)c(=O)o1. The molecule has 0 saturated heterocycles. The Kier molecular flexibility index (Phi) is 5.34. The molecule has 0 spiro atoms. The average molecular weight is 315 g/mol. The summed E-state index contributed by atoms with van der Waals surface area (Å²) in [6.07, 6.45) is 0.139. The fourth-order valence-electron chi connectivity index (χ4n) is 2.57. The van der Waals surface area contributed by atoms with Gasteiger partial charge in [-0.25, -0.2) is 4.79 Å². The number of rotatable bonds is 6. The highest BCUT2D eigenvalue weighted by molar-refractivity contribution is 5.98. The maximum atomic E-state index is 12.7. The molecule has 0 aliphatic heterocycles. The molecule has 1 aromatic heterocycles. The zero-order valence-electron chi connectivity index (χ0n) is 13.6. The quantitative estimate of drug-likeness (QED) is 0.828. The summed E-state index contributed by atoms with van der Waals surface area (Å²) in [6.45, 7) is 2.07. The smallest absolute Gasteiger partial charge is 0.342 e. The first-order valence-corrected chi connectivity index (χ1v) is 7.45. The van der Waals surface area contributed by atoms with Crippen LogP contribution in [0.25, 0.3) is 0 Å². The number of aromatic hydroxyl groups is 1. The van der Waals surface area contributed by atoms with Gasteiger partial charge in [-0.2, -0.15) is 0 Å². The Bertz CT molecular complexity index is 734. The van der Waals surface area contributed by atoms with Crippen LogP contribution in [-0.2, 0) is 6.42 Å². The maximum absolute atomic E-state index is 12.7. The van der Waals surface area contributed by atoms with Crippen LogP contribution >= 0.6 is 0 Å². The van der Waals surface area contributed by atoms with Crippen LogP contribution in [0.5, 0.6) is 5.75 Å². The Balaban J connectivity index is 2.33. The minimum Gasteiger partial charge on any atom is -0.507 e. The lowest BCUT2D eigenvalue weighted by atomic mass is 9.91. The van der Waals surface area contributed by atoms with E-state index in [0.717, 1.165) is 0 Å². The van der Waals surface area contributed by atoms with Gasteiger partial charge in [-0.3, -0.25) is 4.79 Å². The fourth-order valence-corrected chi connectivity index (χ4v) is 2.57. The van der Waals surface area contributed by atoms with Gasteiger partial charge in [-0.15, -0.1) is 0 Å². The van der Waals surface area contributed by atoms with Crippen LogP contribution < -0.4 is 5.63 Å². The van der Waals surface area contributed by atoms with Crippen molar-refractivity contribution in [1.29, 1.82) is 0 Å². The molecule has 1 atom stereocenters. The largest absolute Gasteiger partial charge is 0.507 e. The summed E-state index contributed by atoms with van der Waals surface area (Å²) in [7, 11) is 3.73. The van der Waals surface area contributed by atoms with Gasteiger partial charge in [0.25, 0.3) is 0 Å². The van der Waals surface area contributed by atoms with Gasteiger partial charge in [-0.1, -0.05) is 30.3 Å².